The predicted octanol–water partition coefficient (Wildman–Crippen LogP) is 1.26. The number of nitrogens with zero attached hydrogens (tertiary/aromatic N) is 1. The van der Waals surface area contributed by atoms with E-state index in [0.29, 0.717) is 6.04 Å². The Bertz CT molecular complexity index is 366. The van der Waals surface area contributed by atoms with E-state index in [4.69, 9.17) is 5.73 Å². The summed E-state index contributed by atoms with van der Waals surface area (Å²) in [6.45, 7) is 0.136. The number of hydrogen-bond donors (Lipinski definition) is 2. The fourth-order valence-corrected chi connectivity index (χ4v) is 2.63. The maximum Gasteiger partial charge on any atom is 0.390 e. The summed E-state index contributed by atoms with van der Waals surface area (Å²) in [7, 11) is 1.61. The number of rotatable bonds is 8. The summed E-state index contributed by atoms with van der Waals surface area (Å²) >= 11 is 0. The topological polar surface area (TPSA) is 58.4 Å². The van der Waals surface area contributed by atoms with Gasteiger partial charge in [-0.3, -0.25) is 10.1 Å². The second kappa shape index (κ2) is 5.52. The molecule has 116 valence electrons. The Morgan fingerprint density at radius 2 is 1.90 bits per heavy atom. The SMILES string of the molecule is CN(CCC(F)(F)F)CC(NC1CC1)(C(N)=O)C1CC1. The maximum atomic E-state index is 12.3. The normalized spacial score (nSPS) is 22.9. The predicted molar refractivity (Wildman–Crippen MR) is 69.0 cm³/mol. The first kappa shape index (κ1) is 15.6. The van der Waals surface area contributed by atoms with Gasteiger partial charge in [0.1, 0.15) is 5.54 Å². The van der Waals surface area contributed by atoms with E-state index in [1.54, 1.807) is 11.9 Å². The molecule has 0 aromatic carbocycles. The summed E-state index contributed by atoms with van der Waals surface area (Å²) in [5, 5.41) is 3.30. The highest BCUT2D eigenvalue weighted by molar-refractivity contribution is 5.86. The molecule has 1 amide bonds. The van der Waals surface area contributed by atoms with Crippen LogP contribution < -0.4 is 11.1 Å². The van der Waals surface area contributed by atoms with E-state index in [9.17, 15) is 18.0 Å². The zero-order chi connectivity index (χ0) is 15.0. The third kappa shape index (κ3) is 4.09. The van der Waals surface area contributed by atoms with Gasteiger partial charge in [0.15, 0.2) is 0 Å². The molecule has 1 unspecified atom stereocenters. The van der Waals surface area contributed by atoms with Crippen molar-refractivity contribution >= 4 is 5.91 Å². The standard InChI is InChI=1S/C13H22F3N3O/c1-19(7-6-13(14,15)16)8-12(11(17)20,9-2-3-9)18-10-4-5-10/h9-10,18H,2-8H2,1H3,(H2,17,20). The Morgan fingerprint density at radius 1 is 1.30 bits per heavy atom. The number of likely N-dealkylation sites (N-methyl/N-ethyl adjacent to an activating group) is 1. The lowest BCUT2D eigenvalue weighted by atomic mass is 9.91. The number of carbonyl (C=O) groups is 1. The van der Waals surface area contributed by atoms with E-state index in [1.165, 1.54) is 0 Å². The van der Waals surface area contributed by atoms with Crippen molar-refractivity contribution in [1.82, 2.24) is 10.2 Å². The molecule has 0 aliphatic heterocycles. The van der Waals surface area contributed by atoms with Gasteiger partial charge in [-0.1, -0.05) is 0 Å². The Kier molecular flexibility index (Phi) is 4.30. The maximum absolute atomic E-state index is 12.3. The molecule has 0 heterocycles. The van der Waals surface area contributed by atoms with Crippen molar-refractivity contribution in [3.05, 3.63) is 0 Å². The average Bonchev–Trinajstić information content (AvgIpc) is 3.16. The van der Waals surface area contributed by atoms with E-state index >= 15 is 0 Å². The van der Waals surface area contributed by atoms with Crippen LogP contribution in [-0.4, -0.2) is 48.7 Å². The number of hydrogen-bond acceptors (Lipinski definition) is 3. The van der Waals surface area contributed by atoms with Gasteiger partial charge in [0.2, 0.25) is 5.91 Å². The van der Waals surface area contributed by atoms with Crippen LogP contribution in [0, 0.1) is 5.92 Å². The van der Waals surface area contributed by atoms with Crippen LogP contribution in [0.3, 0.4) is 0 Å². The van der Waals surface area contributed by atoms with Gasteiger partial charge in [-0.05, 0) is 38.6 Å². The number of nitrogens with two attached hydrogens (primary N) is 1. The van der Waals surface area contributed by atoms with Gasteiger partial charge >= 0.3 is 6.18 Å². The highest BCUT2D eigenvalue weighted by atomic mass is 19.4. The summed E-state index contributed by atoms with van der Waals surface area (Å²) in [5.41, 5.74) is 4.71. The molecule has 2 aliphatic rings. The molecule has 1 atom stereocenters. The van der Waals surface area contributed by atoms with Gasteiger partial charge < -0.3 is 10.6 Å². The number of halogens is 3. The number of amides is 1. The zero-order valence-electron chi connectivity index (χ0n) is 11.7. The van der Waals surface area contributed by atoms with Crippen LogP contribution in [0.1, 0.15) is 32.1 Å². The molecule has 0 radical (unpaired) electrons. The Morgan fingerprint density at radius 3 is 2.30 bits per heavy atom. The van der Waals surface area contributed by atoms with Gasteiger partial charge in [-0.25, -0.2) is 0 Å². The molecular weight excluding hydrogens is 271 g/mol. The lowest BCUT2D eigenvalue weighted by molar-refractivity contribution is -0.138. The largest absolute Gasteiger partial charge is 0.390 e. The second-order valence-corrected chi connectivity index (χ2v) is 6.13. The van der Waals surface area contributed by atoms with Crippen LogP contribution in [0.5, 0.6) is 0 Å². The Balaban J connectivity index is 1.97. The van der Waals surface area contributed by atoms with Crippen molar-refractivity contribution in [3.8, 4) is 0 Å². The summed E-state index contributed by atoms with van der Waals surface area (Å²) in [4.78, 5) is 13.5. The van der Waals surface area contributed by atoms with Crippen LogP contribution in [-0.2, 0) is 4.79 Å². The van der Waals surface area contributed by atoms with Gasteiger partial charge in [0.05, 0.1) is 6.42 Å². The van der Waals surface area contributed by atoms with E-state index in [1.807, 2.05) is 0 Å². The Labute approximate surface area is 116 Å². The van der Waals surface area contributed by atoms with Crippen molar-refractivity contribution in [2.75, 3.05) is 20.1 Å². The molecule has 20 heavy (non-hydrogen) atoms. The molecule has 4 nitrogen and oxygen atoms in total. The fourth-order valence-electron chi connectivity index (χ4n) is 2.63. The minimum absolute atomic E-state index is 0.113. The third-order valence-corrected chi connectivity index (χ3v) is 4.05. The molecule has 2 rings (SSSR count). The lowest BCUT2D eigenvalue weighted by Crippen LogP contribution is -2.63. The molecule has 2 fully saturated rings. The van der Waals surface area contributed by atoms with Crippen LogP contribution in [0.15, 0.2) is 0 Å². The third-order valence-electron chi connectivity index (χ3n) is 4.05. The van der Waals surface area contributed by atoms with Gasteiger partial charge in [-0.15, -0.1) is 0 Å². The Hall–Kier alpha value is -0.820. The van der Waals surface area contributed by atoms with E-state index in [2.05, 4.69) is 5.32 Å². The number of alkyl halides is 3. The summed E-state index contributed by atoms with van der Waals surface area (Å²) < 4.78 is 36.8. The van der Waals surface area contributed by atoms with Crippen molar-refractivity contribution in [2.24, 2.45) is 11.7 Å². The molecule has 3 N–H and O–H groups in total. The molecule has 0 aromatic rings. The molecule has 0 saturated heterocycles. The minimum Gasteiger partial charge on any atom is -0.368 e. The van der Waals surface area contributed by atoms with Crippen molar-refractivity contribution in [2.45, 2.75) is 49.9 Å². The van der Waals surface area contributed by atoms with Gasteiger partial charge in [0, 0.05) is 19.1 Å². The number of carbonyl (C=O) groups excluding carboxylic acids is 1. The van der Waals surface area contributed by atoms with E-state index in [0.717, 1.165) is 25.7 Å². The minimum atomic E-state index is -4.17. The first-order chi connectivity index (χ1) is 9.23. The molecule has 0 aromatic heterocycles. The first-order valence-corrected chi connectivity index (χ1v) is 7.06. The molecule has 7 heteroatoms. The van der Waals surface area contributed by atoms with Crippen molar-refractivity contribution in [3.63, 3.8) is 0 Å². The average molecular weight is 293 g/mol. The van der Waals surface area contributed by atoms with Crippen LogP contribution in [0.2, 0.25) is 0 Å². The quantitative estimate of drug-likeness (QED) is 0.708. The fraction of sp³-hybridized carbons (Fsp3) is 0.923. The second-order valence-electron chi connectivity index (χ2n) is 6.13. The van der Waals surface area contributed by atoms with Crippen LogP contribution in [0.25, 0.3) is 0 Å². The smallest absolute Gasteiger partial charge is 0.368 e. The lowest BCUT2D eigenvalue weighted by Gasteiger charge is -2.36. The monoisotopic (exact) mass is 293 g/mol. The highest BCUT2D eigenvalue weighted by Crippen LogP contribution is 2.42. The molecular formula is C13H22F3N3O. The van der Waals surface area contributed by atoms with E-state index in [-0.39, 0.29) is 19.0 Å². The molecule has 2 aliphatic carbocycles. The molecule has 0 spiro atoms. The summed E-state index contributed by atoms with van der Waals surface area (Å²) in [6.07, 6.45) is -1.20. The number of nitrogens with one attached hydrogen (secondary N) is 1. The highest BCUT2D eigenvalue weighted by Gasteiger charge is 2.52. The zero-order valence-corrected chi connectivity index (χ0v) is 11.7. The number of primary amides is 1. The van der Waals surface area contributed by atoms with Gasteiger partial charge in [0.25, 0.3) is 0 Å². The summed E-state index contributed by atoms with van der Waals surface area (Å²) in [6, 6.07) is 0.291. The van der Waals surface area contributed by atoms with Crippen molar-refractivity contribution in [1.29, 1.82) is 0 Å². The molecule has 2 saturated carbocycles. The van der Waals surface area contributed by atoms with Crippen LogP contribution in [0.4, 0.5) is 13.2 Å². The summed E-state index contributed by atoms with van der Waals surface area (Å²) in [5.74, 6) is -0.278. The van der Waals surface area contributed by atoms with Crippen molar-refractivity contribution < 1.29 is 18.0 Å². The van der Waals surface area contributed by atoms with Gasteiger partial charge in [-0.2, -0.15) is 13.2 Å². The first-order valence-electron chi connectivity index (χ1n) is 7.06. The van der Waals surface area contributed by atoms with E-state index < -0.39 is 24.0 Å². The van der Waals surface area contributed by atoms with Crippen LogP contribution >= 0.6 is 0 Å². The molecule has 0 bridgehead atoms.